The van der Waals surface area contributed by atoms with E-state index in [1.54, 1.807) is 0 Å². The van der Waals surface area contributed by atoms with Crippen LogP contribution in [0.5, 0.6) is 5.75 Å². The molecule has 0 atom stereocenters. The van der Waals surface area contributed by atoms with Crippen LogP contribution in [0.4, 0.5) is 4.79 Å². The molecule has 2 aromatic rings. The molecule has 2 rings (SSSR count). The number of ether oxygens (including phenoxy) is 1. The van der Waals surface area contributed by atoms with Crippen molar-refractivity contribution >= 4 is 12.4 Å². The van der Waals surface area contributed by atoms with E-state index in [2.05, 4.69) is 17.2 Å². The van der Waals surface area contributed by atoms with Crippen molar-refractivity contribution in [3.63, 3.8) is 0 Å². The Labute approximate surface area is 133 Å². The number of nitrogens with one attached hydrogen (secondary N) is 1. The van der Waals surface area contributed by atoms with Crippen LogP contribution >= 0.6 is 0 Å². The van der Waals surface area contributed by atoms with Crippen molar-refractivity contribution in [2.24, 2.45) is 0 Å². The summed E-state index contributed by atoms with van der Waals surface area (Å²) in [6, 6.07) is 13.7. The number of hydrogen-bond donors (Lipinski definition) is 2. The number of carbonyl (C=O) groups is 2. The highest BCUT2D eigenvalue weighted by Crippen LogP contribution is 2.16. The van der Waals surface area contributed by atoms with Crippen LogP contribution in [0.15, 0.2) is 48.5 Å². The average Bonchev–Trinajstić information content (AvgIpc) is 2.59. The van der Waals surface area contributed by atoms with Crippen molar-refractivity contribution < 1.29 is 19.4 Å². The third-order valence-electron chi connectivity index (χ3n) is 2.91. The summed E-state index contributed by atoms with van der Waals surface area (Å²) in [7, 11) is 0. The zero-order valence-electron chi connectivity index (χ0n) is 12.3. The molecule has 116 valence electrons. The molecule has 0 unspecified atom stereocenters. The van der Waals surface area contributed by atoms with Gasteiger partial charge in [-0.3, -0.25) is 4.79 Å². The number of phenols is 1. The molecule has 2 N–H and O–H groups in total. The number of aromatic hydroxyl groups is 1. The predicted molar refractivity (Wildman–Crippen MR) is 85.0 cm³/mol. The number of phenolic OH excluding ortho intramolecular Hbond substituents is 1. The van der Waals surface area contributed by atoms with Gasteiger partial charge in [-0.25, -0.2) is 4.79 Å². The first-order chi connectivity index (χ1) is 11.2. The van der Waals surface area contributed by atoms with Crippen LogP contribution in [0, 0.1) is 11.8 Å². The first-order valence-corrected chi connectivity index (χ1v) is 6.90. The Balaban J connectivity index is 1.81. The Hall–Kier alpha value is -3.26. The molecule has 1 amide bonds. The molecule has 2 aromatic carbocycles. The molecule has 5 heteroatoms. The minimum Gasteiger partial charge on any atom is -0.507 e. The summed E-state index contributed by atoms with van der Waals surface area (Å²) >= 11 is 0. The summed E-state index contributed by atoms with van der Waals surface area (Å²) in [6.07, 6.45) is 0.0955. The number of rotatable bonds is 4. The molecule has 0 bridgehead atoms. The second kappa shape index (κ2) is 8.25. The molecule has 0 fully saturated rings. The van der Waals surface area contributed by atoms with Gasteiger partial charge in [-0.15, -0.1) is 0 Å². The maximum atomic E-state index is 11.5. The van der Waals surface area contributed by atoms with E-state index in [-0.39, 0.29) is 18.9 Å². The Morgan fingerprint density at radius 2 is 2.00 bits per heavy atom. The highest BCUT2D eigenvalue weighted by molar-refractivity contribution is 5.76. The van der Waals surface area contributed by atoms with Crippen LogP contribution in [0.3, 0.4) is 0 Å². The lowest BCUT2D eigenvalue weighted by Crippen LogP contribution is -2.24. The average molecular weight is 309 g/mol. The van der Waals surface area contributed by atoms with Crippen LogP contribution in [-0.4, -0.2) is 24.0 Å². The minimum atomic E-state index is -0.575. The van der Waals surface area contributed by atoms with Crippen LogP contribution < -0.4 is 5.32 Å². The Morgan fingerprint density at radius 3 is 2.74 bits per heavy atom. The van der Waals surface area contributed by atoms with Gasteiger partial charge in [-0.05, 0) is 23.8 Å². The molecule has 23 heavy (non-hydrogen) atoms. The van der Waals surface area contributed by atoms with Crippen molar-refractivity contribution in [2.45, 2.75) is 6.61 Å². The molecule has 0 aliphatic carbocycles. The zero-order valence-corrected chi connectivity index (χ0v) is 12.3. The Kier molecular flexibility index (Phi) is 5.78. The smallest absolute Gasteiger partial charge is 0.408 e. The van der Waals surface area contributed by atoms with E-state index in [0.717, 1.165) is 5.56 Å². The van der Waals surface area contributed by atoms with E-state index >= 15 is 0 Å². The highest BCUT2D eigenvalue weighted by atomic mass is 16.5. The van der Waals surface area contributed by atoms with Gasteiger partial charge in [0.1, 0.15) is 18.6 Å². The first-order valence-electron chi connectivity index (χ1n) is 6.90. The van der Waals surface area contributed by atoms with Gasteiger partial charge in [0.2, 0.25) is 0 Å². The molecule has 0 aliphatic rings. The molecule has 0 saturated heterocycles. The quantitative estimate of drug-likeness (QED) is 0.672. The number of aldehydes is 1. The summed E-state index contributed by atoms with van der Waals surface area (Å²) in [5.74, 6) is 5.35. The molecular formula is C18H15NO4. The van der Waals surface area contributed by atoms with Gasteiger partial charge in [0.15, 0.2) is 0 Å². The predicted octanol–water partition coefficient (Wildman–Crippen LogP) is 2.48. The molecule has 0 aliphatic heterocycles. The van der Waals surface area contributed by atoms with E-state index in [4.69, 9.17) is 4.74 Å². The van der Waals surface area contributed by atoms with Crippen LogP contribution in [0.25, 0.3) is 0 Å². The highest BCUT2D eigenvalue weighted by Gasteiger charge is 2.01. The standard InChI is InChI=1S/C18H15NO4/c20-12-15-8-9-17(21)16(11-15)7-4-10-19-18(22)23-13-14-5-2-1-3-6-14/h1-3,5-6,8-9,11-12,21H,10,13H2,(H,19,22). The Morgan fingerprint density at radius 1 is 1.22 bits per heavy atom. The topological polar surface area (TPSA) is 75.6 Å². The number of amides is 1. The number of carbonyl (C=O) groups excluding carboxylic acids is 2. The van der Waals surface area contributed by atoms with Gasteiger partial charge >= 0.3 is 6.09 Å². The van der Waals surface area contributed by atoms with Gasteiger partial charge in [-0.1, -0.05) is 42.2 Å². The van der Waals surface area contributed by atoms with Crippen molar-refractivity contribution in [3.8, 4) is 17.6 Å². The lowest BCUT2D eigenvalue weighted by Gasteiger charge is -2.04. The molecule has 0 saturated carbocycles. The summed E-state index contributed by atoms with van der Waals surface area (Å²) in [4.78, 5) is 22.2. The number of alkyl carbamates (subject to hydrolysis) is 1. The molecule has 0 heterocycles. The summed E-state index contributed by atoms with van der Waals surface area (Å²) in [5, 5.41) is 12.1. The molecule has 5 nitrogen and oxygen atoms in total. The van der Waals surface area contributed by atoms with E-state index in [9.17, 15) is 14.7 Å². The van der Waals surface area contributed by atoms with Crippen LogP contribution in [0.2, 0.25) is 0 Å². The largest absolute Gasteiger partial charge is 0.507 e. The monoisotopic (exact) mass is 309 g/mol. The van der Waals surface area contributed by atoms with Gasteiger partial charge < -0.3 is 15.2 Å². The lowest BCUT2D eigenvalue weighted by atomic mass is 10.1. The molecule has 0 radical (unpaired) electrons. The van der Waals surface area contributed by atoms with Crippen LogP contribution in [0.1, 0.15) is 21.5 Å². The summed E-state index contributed by atoms with van der Waals surface area (Å²) < 4.78 is 5.03. The van der Waals surface area contributed by atoms with E-state index in [1.807, 2.05) is 30.3 Å². The third-order valence-corrected chi connectivity index (χ3v) is 2.91. The first kappa shape index (κ1) is 16.1. The second-order valence-corrected chi connectivity index (χ2v) is 4.61. The summed E-state index contributed by atoms with van der Waals surface area (Å²) in [5.41, 5.74) is 1.64. The maximum Gasteiger partial charge on any atom is 0.408 e. The molecule has 0 aromatic heterocycles. The molecular weight excluding hydrogens is 294 g/mol. The fourth-order valence-electron chi connectivity index (χ4n) is 1.76. The van der Waals surface area contributed by atoms with E-state index in [1.165, 1.54) is 18.2 Å². The maximum absolute atomic E-state index is 11.5. The fourth-order valence-corrected chi connectivity index (χ4v) is 1.76. The SMILES string of the molecule is O=Cc1ccc(O)c(C#CCNC(=O)OCc2ccccc2)c1. The number of hydrogen-bond acceptors (Lipinski definition) is 4. The van der Waals surface area contributed by atoms with Crippen LogP contribution in [-0.2, 0) is 11.3 Å². The zero-order chi connectivity index (χ0) is 16.5. The Bertz CT molecular complexity index is 745. The van der Waals surface area contributed by atoms with Gasteiger partial charge in [0, 0.05) is 5.56 Å². The van der Waals surface area contributed by atoms with Gasteiger partial charge in [0.25, 0.3) is 0 Å². The summed E-state index contributed by atoms with van der Waals surface area (Å²) in [6.45, 7) is 0.251. The third kappa shape index (κ3) is 5.21. The van der Waals surface area contributed by atoms with Gasteiger partial charge in [-0.2, -0.15) is 0 Å². The van der Waals surface area contributed by atoms with E-state index in [0.29, 0.717) is 17.4 Å². The fraction of sp³-hybridized carbons (Fsp3) is 0.111. The van der Waals surface area contributed by atoms with Crippen molar-refractivity contribution in [3.05, 3.63) is 65.2 Å². The second-order valence-electron chi connectivity index (χ2n) is 4.61. The minimum absolute atomic E-state index is 0.0187. The lowest BCUT2D eigenvalue weighted by molar-refractivity contribution is 0.112. The van der Waals surface area contributed by atoms with Gasteiger partial charge in [0.05, 0.1) is 12.1 Å². The van der Waals surface area contributed by atoms with Crippen molar-refractivity contribution in [1.82, 2.24) is 5.32 Å². The van der Waals surface area contributed by atoms with E-state index < -0.39 is 6.09 Å². The molecule has 0 spiro atoms. The van der Waals surface area contributed by atoms with Crippen molar-refractivity contribution in [1.29, 1.82) is 0 Å². The normalized spacial score (nSPS) is 9.39. The number of benzene rings is 2. The van der Waals surface area contributed by atoms with Crippen molar-refractivity contribution in [2.75, 3.05) is 6.54 Å².